The highest BCUT2D eigenvalue weighted by molar-refractivity contribution is 6.27. The molecule has 1 saturated heterocycles. The van der Waals surface area contributed by atoms with Gasteiger partial charge in [-0.15, -0.1) is 11.6 Å². The summed E-state index contributed by atoms with van der Waals surface area (Å²) < 4.78 is 0. The van der Waals surface area contributed by atoms with Gasteiger partial charge in [0.25, 0.3) is 0 Å². The summed E-state index contributed by atoms with van der Waals surface area (Å²) in [6.07, 6.45) is 0.918. The zero-order chi connectivity index (χ0) is 35.5. The molecule has 0 bridgehead atoms. The van der Waals surface area contributed by atoms with E-state index in [-0.39, 0.29) is 38.0 Å². The fraction of sp³-hybridized carbons (Fsp3) is 0.371. The maximum Gasteiger partial charge on any atom is 0.303 e. The third-order valence-corrected chi connectivity index (χ3v) is 8.66. The molecule has 0 saturated carbocycles. The van der Waals surface area contributed by atoms with Crippen molar-refractivity contribution in [1.29, 1.82) is 0 Å². The zero-order valence-electron chi connectivity index (χ0n) is 26.8. The van der Waals surface area contributed by atoms with E-state index in [4.69, 9.17) is 17.3 Å². The maximum atomic E-state index is 13.9. The van der Waals surface area contributed by atoms with Crippen LogP contribution in [-0.2, 0) is 41.6 Å². The minimum absolute atomic E-state index is 0.0337. The number of carboxylic acid groups (broad SMARTS) is 1. The van der Waals surface area contributed by atoms with Gasteiger partial charge in [-0.1, -0.05) is 54.6 Å². The zero-order valence-corrected chi connectivity index (χ0v) is 27.5. The van der Waals surface area contributed by atoms with E-state index in [0.717, 1.165) is 16.3 Å². The summed E-state index contributed by atoms with van der Waals surface area (Å²) in [5, 5.41) is 28.6. The van der Waals surface area contributed by atoms with E-state index in [1.165, 1.54) is 17.0 Å². The molecule has 4 atom stereocenters. The Morgan fingerprint density at radius 3 is 2.18 bits per heavy atom. The summed E-state index contributed by atoms with van der Waals surface area (Å²) in [6, 6.07) is 14.8. The predicted molar refractivity (Wildman–Crippen MR) is 181 cm³/mol. The van der Waals surface area contributed by atoms with Crippen LogP contribution in [0.5, 0.6) is 5.75 Å². The molecule has 0 spiro atoms. The number of rotatable bonds is 15. The van der Waals surface area contributed by atoms with E-state index in [1.54, 1.807) is 12.1 Å². The average Bonchev–Trinajstić information content (AvgIpc) is 3.09. The summed E-state index contributed by atoms with van der Waals surface area (Å²) in [6.45, 7) is 0.176. The first-order valence-electron chi connectivity index (χ1n) is 16.0. The summed E-state index contributed by atoms with van der Waals surface area (Å²) in [4.78, 5) is 78.5. The Hall–Kier alpha value is -5.17. The number of carbonyl (C=O) groups excluding carboxylic acids is 5. The quantitative estimate of drug-likeness (QED) is 0.129. The molecular weight excluding hydrogens is 654 g/mol. The number of phenolic OH excluding ortho intramolecular Hbond substituents is 1. The van der Waals surface area contributed by atoms with E-state index >= 15 is 0 Å². The van der Waals surface area contributed by atoms with Crippen LogP contribution in [0.15, 0.2) is 66.7 Å². The van der Waals surface area contributed by atoms with Gasteiger partial charge < -0.3 is 36.8 Å². The van der Waals surface area contributed by atoms with Crippen LogP contribution in [0.1, 0.15) is 43.2 Å². The molecule has 1 aliphatic rings. The molecule has 0 radical (unpaired) electrons. The fourth-order valence-corrected chi connectivity index (χ4v) is 5.94. The number of alkyl halides is 1. The number of aliphatic carboxylic acids is 1. The molecule has 14 heteroatoms. The molecule has 0 aromatic heterocycles. The number of phenols is 1. The standard InChI is InChI=1S/C35H40ClN5O8/c36-20-30(43)38-26(14-15-31(44)45)35(49)41-16-4-3-7-29(41)34(48)40-28(19-22-8-11-23-5-1-2-6-24(23)17-22)33(47)39-27(32(37)46)18-21-9-12-25(42)13-10-21/h1-2,5-6,8-13,17,26-29,42H,3-4,7,14-16,18-20H2,(H2,37,46)(H,38,43)(H,39,47)(H,40,48)(H,44,45)/t26-,27-,28-,29-/m0/s1. The van der Waals surface area contributed by atoms with E-state index in [2.05, 4.69) is 16.0 Å². The molecule has 5 amide bonds. The maximum absolute atomic E-state index is 13.9. The Morgan fingerprint density at radius 2 is 1.51 bits per heavy atom. The minimum atomic E-state index is -1.22. The summed E-state index contributed by atoms with van der Waals surface area (Å²) in [5.74, 6) is -4.95. The number of nitrogens with one attached hydrogen (secondary N) is 3. The molecule has 1 heterocycles. The van der Waals surface area contributed by atoms with Crippen LogP contribution in [0.25, 0.3) is 10.8 Å². The Morgan fingerprint density at radius 1 is 0.837 bits per heavy atom. The first-order chi connectivity index (χ1) is 23.4. The molecule has 4 rings (SSSR count). The van der Waals surface area contributed by atoms with E-state index in [9.17, 15) is 39.0 Å². The number of carbonyl (C=O) groups is 6. The Labute approximate surface area is 288 Å². The van der Waals surface area contributed by atoms with Crippen LogP contribution in [0.4, 0.5) is 0 Å². The number of hydrogen-bond acceptors (Lipinski definition) is 7. The molecule has 260 valence electrons. The molecular formula is C35H40ClN5O8. The van der Waals surface area contributed by atoms with Gasteiger partial charge in [0, 0.05) is 25.8 Å². The normalized spacial score (nSPS) is 16.2. The highest BCUT2D eigenvalue weighted by Gasteiger charge is 2.38. The summed E-state index contributed by atoms with van der Waals surface area (Å²) >= 11 is 5.63. The molecule has 1 aliphatic heterocycles. The number of piperidine rings is 1. The Bertz CT molecular complexity index is 1680. The van der Waals surface area contributed by atoms with Crippen LogP contribution >= 0.6 is 11.6 Å². The van der Waals surface area contributed by atoms with Crippen LogP contribution < -0.4 is 21.7 Å². The number of nitrogens with two attached hydrogens (primary N) is 1. The van der Waals surface area contributed by atoms with Crippen LogP contribution in [-0.4, -0.2) is 87.2 Å². The Kier molecular flexibility index (Phi) is 12.9. The smallest absolute Gasteiger partial charge is 0.303 e. The van der Waals surface area contributed by atoms with E-state index in [1.807, 2.05) is 42.5 Å². The minimum Gasteiger partial charge on any atom is -0.508 e. The Balaban J connectivity index is 1.59. The summed E-state index contributed by atoms with van der Waals surface area (Å²) in [7, 11) is 0. The topological polar surface area (TPSA) is 208 Å². The van der Waals surface area contributed by atoms with Crippen LogP contribution in [0, 0.1) is 0 Å². The van der Waals surface area contributed by atoms with Gasteiger partial charge in [-0.25, -0.2) is 0 Å². The monoisotopic (exact) mass is 693 g/mol. The third-order valence-electron chi connectivity index (χ3n) is 8.41. The van der Waals surface area contributed by atoms with Crippen LogP contribution in [0.2, 0.25) is 0 Å². The molecule has 1 fully saturated rings. The number of nitrogens with zero attached hydrogens (tertiary/aromatic N) is 1. The lowest BCUT2D eigenvalue weighted by Gasteiger charge is -2.37. The molecule has 7 N–H and O–H groups in total. The highest BCUT2D eigenvalue weighted by atomic mass is 35.5. The van der Waals surface area contributed by atoms with Gasteiger partial charge in [0.2, 0.25) is 29.5 Å². The first kappa shape index (κ1) is 36.7. The number of fused-ring (bicyclic) bond motifs is 1. The average molecular weight is 694 g/mol. The highest BCUT2D eigenvalue weighted by Crippen LogP contribution is 2.21. The second-order valence-corrected chi connectivity index (χ2v) is 12.3. The van der Waals surface area contributed by atoms with Crippen LogP contribution in [0.3, 0.4) is 0 Å². The van der Waals surface area contributed by atoms with Crippen molar-refractivity contribution in [3.05, 3.63) is 77.9 Å². The second kappa shape index (κ2) is 17.3. The van der Waals surface area contributed by atoms with Gasteiger partial charge in [0.1, 0.15) is 35.8 Å². The van der Waals surface area contributed by atoms with E-state index < -0.39 is 72.0 Å². The van der Waals surface area contributed by atoms with Crippen molar-refractivity contribution in [2.75, 3.05) is 12.4 Å². The number of primary amides is 1. The molecule has 3 aromatic rings. The number of hydrogen-bond donors (Lipinski definition) is 6. The predicted octanol–water partition coefficient (Wildman–Crippen LogP) is 1.75. The third kappa shape index (κ3) is 10.4. The number of benzene rings is 3. The lowest BCUT2D eigenvalue weighted by atomic mass is 9.97. The fourth-order valence-electron chi connectivity index (χ4n) is 5.87. The van der Waals surface area contributed by atoms with Crippen molar-refractivity contribution in [2.24, 2.45) is 5.73 Å². The number of likely N-dealkylation sites (tertiary alicyclic amines) is 1. The summed E-state index contributed by atoms with van der Waals surface area (Å²) in [5.41, 5.74) is 7.01. The number of aromatic hydroxyl groups is 1. The van der Waals surface area contributed by atoms with Crippen molar-refractivity contribution >= 4 is 57.9 Å². The van der Waals surface area contributed by atoms with Crippen molar-refractivity contribution in [2.45, 2.75) is 69.1 Å². The molecule has 13 nitrogen and oxygen atoms in total. The number of carboxylic acids is 1. The van der Waals surface area contributed by atoms with Crippen molar-refractivity contribution in [3.63, 3.8) is 0 Å². The molecule has 3 aromatic carbocycles. The van der Waals surface area contributed by atoms with Crippen molar-refractivity contribution in [1.82, 2.24) is 20.9 Å². The molecule has 0 unspecified atom stereocenters. The first-order valence-corrected chi connectivity index (χ1v) is 16.5. The molecule has 49 heavy (non-hydrogen) atoms. The van der Waals surface area contributed by atoms with Crippen molar-refractivity contribution in [3.8, 4) is 5.75 Å². The van der Waals surface area contributed by atoms with E-state index in [0.29, 0.717) is 18.4 Å². The van der Waals surface area contributed by atoms with Gasteiger partial charge in [-0.3, -0.25) is 28.8 Å². The molecule has 0 aliphatic carbocycles. The number of halogens is 1. The van der Waals surface area contributed by atoms with Crippen molar-refractivity contribution < 1.29 is 39.0 Å². The SMILES string of the molecule is NC(=O)[C@H](Cc1ccc(O)cc1)NC(=O)[C@H](Cc1ccc2ccccc2c1)NC(=O)[C@@H]1CCCCN1C(=O)[C@H](CCC(=O)O)NC(=O)CCl. The largest absolute Gasteiger partial charge is 0.508 e. The lowest BCUT2D eigenvalue weighted by Crippen LogP contribution is -2.60. The van der Waals surface area contributed by atoms with Gasteiger partial charge in [0.15, 0.2) is 0 Å². The van der Waals surface area contributed by atoms with Gasteiger partial charge in [-0.2, -0.15) is 0 Å². The second-order valence-electron chi connectivity index (χ2n) is 12.0. The van der Waals surface area contributed by atoms with Gasteiger partial charge in [-0.05, 0) is 59.7 Å². The van der Waals surface area contributed by atoms with Gasteiger partial charge >= 0.3 is 5.97 Å². The number of amides is 5. The lowest BCUT2D eigenvalue weighted by molar-refractivity contribution is -0.146. The van der Waals surface area contributed by atoms with Gasteiger partial charge in [0.05, 0.1) is 0 Å².